The molecule has 1 aromatic carbocycles. The fraction of sp³-hybridized carbons (Fsp3) is 0.375. The third-order valence-corrected chi connectivity index (χ3v) is 4.05. The fourth-order valence-corrected chi connectivity index (χ4v) is 2.81. The normalized spacial score (nSPS) is 10.2. The van der Waals surface area contributed by atoms with Crippen molar-refractivity contribution in [2.75, 3.05) is 33.3 Å². The molecule has 0 aliphatic carbocycles. The minimum atomic E-state index is -0.428. The van der Waals surface area contributed by atoms with Crippen LogP contribution in [0.1, 0.15) is 22.3 Å². The summed E-state index contributed by atoms with van der Waals surface area (Å²) in [5.74, 6) is 0.281. The highest BCUT2D eigenvalue weighted by molar-refractivity contribution is 7.15. The maximum absolute atomic E-state index is 12.5. The van der Waals surface area contributed by atoms with Crippen LogP contribution in [0.3, 0.4) is 0 Å². The first-order chi connectivity index (χ1) is 12.5. The van der Waals surface area contributed by atoms with Crippen LogP contribution in [0.25, 0.3) is 0 Å². The van der Waals surface area contributed by atoms with Gasteiger partial charge in [-0.05, 0) is 19.1 Å². The number of carbonyl (C=O) groups excluding carboxylic acids is 2. The van der Waals surface area contributed by atoms with Crippen LogP contribution in [0, 0.1) is 0 Å². The van der Waals surface area contributed by atoms with Crippen molar-refractivity contribution in [3.05, 3.63) is 22.7 Å². The summed E-state index contributed by atoms with van der Waals surface area (Å²) in [7, 11) is 4.41. The van der Waals surface area contributed by atoms with E-state index in [2.05, 4.69) is 15.5 Å². The first-order valence-corrected chi connectivity index (χ1v) is 8.43. The number of carbonyl (C=O) groups is 2. The molecule has 0 atom stereocenters. The Labute approximate surface area is 154 Å². The Bertz CT molecular complexity index is 767. The molecular formula is C16H19N3O6S. The molecule has 0 spiro atoms. The molecule has 0 aliphatic heterocycles. The van der Waals surface area contributed by atoms with Gasteiger partial charge in [0.25, 0.3) is 5.91 Å². The van der Waals surface area contributed by atoms with E-state index in [4.69, 9.17) is 18.9 Å². The van der Waals surface area contributed by atoms with Crippen molar-refractivity contribution in [2.24, 2.45) is 0 Å². The van der Waals surface area contributed by atoms with Gasteiger partial charge in [-0.2, -0.15) is 0 Å². The minimum absolute atomic E-state index is 0.00551. The zero-order valence-electron chi connectivity index (χ0n) is 14.8. The largest absolute Gasteiger partial charge is 0.493 e. The fourth-order valence-electron chi connectivity index (χ4n) is 2.09. The van der Waals surface area contributed by atoms with Crippen molar-refractivity contribution in [1.82, 2.24) is 10.2 Å². The molecule has 1 aromatic heterocycles. The summed E-state index contributed by atoms with van der Waals surface area (Å²) >= 11 is 1.10. The maximum Gasteiger partial charge on any atom is 0.312 e. The first-order valence-electron chi connectivity index (χ1n) is 7.61. The molecule has 0 bridgehead atoms. The third kappa shape index (κ3) is 4.60. The van der Waals surface area contributed by atoms with Crippen LogP contribution < -0.4 is 19.5 Å². The molecule has 0 radical (unpaired) electrons. The number of methoxy groups -OCH3 is 3. The van der Waals surface area contributed by atoms with Crippen LogP contribution in [0.4, 0.5) is 5.13 Å². The zero-order valence-corrected chi connectivity index (χ0v) is 15.6. The highest BCUT2D eigenvalue weighted by atomic mass is 32.1. The molecule has 0 fully saturated rings. The molecule has 1 N–H and O–H groups in total. The number of aromatic nitrogens is 2. The van der Waals surface area contributed by atoms with Gasteiger partial charge in [-0.3, -0.25) is 14.9 Å². The highest BCUT2D eigenvalue weighted by Crippen LogP contribution is 2.38. The second kappa shape index (κ2) is 8.99. The van der Waals surface area contributed by atoms with Crippen molar-refractivity contribution in [3.63, 3.8) is 0 Å². The van der Waals surface area contributed by atoms with E-state index >= 15 is 0 Å². The molecule has 0 saturated heterocycles. The van der Waals surface area contributed by atoms with Crippen molar-refractivity contribution < 1.29 is 28.5 Å². The Hall–Kier alpha value is -2.88. The van der Waals surface area contributed by atoms with Gasteiger partial charge in [-0.1, -0.05) is 11.3 Å². The molecule has 1 amide bonds. The highest BCUT2D eigenvalue weighted by Gasteiger charge is 2.18. The zero-order chi connectivity index (χ0) is 19.1. The molecule has 1 heterocycles. The van der Waals surface area contributed by atoms with E-state index in [1.54, 1.807) is 6.92 Å². The van der Waals surface area contributed by atoms with Crippen LogP contribution in [-0.2, 0) is 16.0 Å². The summed E-state index contributed by atoms with van der Waals surface area (Å²) in [6.07, 6.45) is 0.00551. The Morgan fingerprint density at radius 3 is 2.27 bits per heavy atom. The Kier molecular flexibility index (Phi) is 6.73. The van der Waals surface area contributed by atoms with E-state index in [0.29, 0.717) is 34.4 Å². The third-order valence-electron chi connectivity index (χ3n) is 3.22. The van der Waals surface area contributed by atoms with Gasteiger partial charge in [0.1, 0.15) is 5.01 Å². The summed E-state index contributed by atoms with van der Waals surface area (Å²) in [5.41, 5.74) is 0.293. The van der Waals surface area contributed by atoms with Crippen molar-refractivity contribution in [1.29, 1.82) is 0 Å². The summed E-state index contributed by atoms with van der Waals surface area (Å²) < 4.78 is 20.5. The Balaban J connectivity index is 2.15. The van der Waals surface area contributed by atoms with Crippen LogP contribution in [0.15, 0.2) is 12.1 Å². The number of nitrogens with one attached hydrogen (secondary N) is 1. The number of ether oxygens (including phenoxy) is 4. The number of hydrogen-bond acceptors (Lipinski definition) is 9. The monoisotopic (exact) mass is 381 g/mol. The van der Waals surface area contributed by atoms with Gasteiger partial charge in [-0.15, -0.1) is 10.2 Å². The molecule has 0 unspecified atom stereocenters. The smallest absolute Gasteiger partial charge is 0.312 e. The van der Waals surface area contributed by atoms with Crippen LogP contribution in [0.5, 0.6) is 17.2 Å². The molecule has 0 saturated carbocycles. The number of anilines is 1. The van der Waals surface area contributed by atoms with E-state index in [9.17, 15) is 9.59 Å². The molecule has 9 nitrogen and oxygen atoms in total. The second-order valence-electron chi connectivity index (χ2n) is 4.85. The number of rotatable bonds is 8. The summed E-state index contributed by atoms with van der Waals surface area (Å²) in [6, 6.07) is 3.05. The first kappa shape index (κ1) is 19.4. The van der Waals surface area contributed by atoms with Crippen molar-refractivity contribution in [3.8, 4) is 17.2 Å². The molecule has 0 aliphatic rings. The second-order valence-corrected chi connectivity index (χ2v) is 5.91. The van der Waals surface area contributed by atoms with E-state index in [-0.39, 0.29) is 11.6 Å². The van der Waals surface area contributed by atoms with Gasteiger partial charge in [0.15, 0.2) is 11.5 Å². The van der Waals surface area contributed by atoms with Crippen molar-refractivity contribution >= 4 is 28.3 Å². The number of benzene rings is 1. The molecule has 10 heteroatoms. The maximum atomic E-state index is 12.5. The number of esters is 1. The summed E-state index contributed by atoms with van der Waals surface area (Å²) in [5, 5.41) is 11.1. The van der Waals surface area contributed by atoms with Crippen LogP contribution >= 0.6 is 11.3 Å². The Morgan fingerprint density at radius 2 is 1.73 bits per heavy atom. The van der Waals surface area contributed by atoms with Crippen LogP contribution in [-0.4, -0.2) is 50.0 Å². The lowest BCUT2D eigenvalue weighted by Crippen LogP contribution is -2.12. The van der Waals surface area contributed by atoms with Gasteiger partial charge in [0.05, 0.1) is 34.4 Å². The summed E-state index contributed by atoms with van der Waals surface area (Å²) in [6.45, 7) is 2.02. The van der Waals surface area contributed by atoms with Gasteiger partial charge < -0.3 is 18.9 Å². The van der Waals surface area contributed by atoms with Gasteiger partial charge in [-0.25, -0.2) is 0 Å². The molecular weight excluding hydrogens is 362 g/mol. The minimum Gasteiger partial charge on any atom is -0.493 e. The van der Waals surface area contributed by atoms with Crippen LogP contribution in [0.2, 0.25) is 0 Å². The standard InChI is InChI=1S/C16H19N3O6S/c1-5-25-13(20)8-12-18-19-16(26-12)17-15(21)9-6-10(22-2)14(24-4)11(7-9)23-3/h6-7H,5,8H2,1-4H3,(H,17,19,21). The molecule has 140 valence electrons. The Morgan fingerprint density at radius 1 is 1.08 bits per heavy atom. The average Bonchev–Trinajstić information content (AvgIpc) is 3.06. The van der Waals surface area contributed by atoms with E-state index in [0.717, 1.165) is 11.3 Å². The molecule has 26 heavy (non-hydrogen) atoms. The predicted octanol–water partition coefficient (Wildman–Crippen LogP) is 1.92. The van der Waals surface area contributed by atoms with Gasteiger partial charge >= 0.3 is 5.97 Å². The topological polar surface area (TPSA) is 109 Å². The van der Waals surface area contributed by atoms with E-state index in [1.807, 2.05) is 0 Å². The lowest BCUT2D eigenvalue weighted by Gasteiger charge is -2.13. The number of nitrogens with zero attached hydrogens (tertiary/aromatic N) is 2. The van der Waals surface area contributed by atoms with E-state index in [1.165, 1.54) is 33.5 Å². The SMILES string of the molecule is CCOC(=O)Cc1nnc(NC(=O)c2cc(OC)c(OC)c(OC)c2)s1. The number of amides is 1. The lowest BCUT2D eigenvalue weighted by atomic mass is 10.1. The molecule has 2 rings (SSSR count). The lowest BCUT2D eigenvalue weighted by molar-refractivity contribution is -0.142. The average molecular weight is 381 g/mol. The quantitative estimate of drug-likeness (QED) is 0.691. The summed E-state index contributed by atoms with van der Waals surface area (Å²) in [4.78, 5) is 23.9. The van der Waals surface area contributed by atoms with Crippen molar-refractivity contribution in [2.45, 2.75) is 13.3 Å². The van der Waals surface area contributed by atoms with Gasteiger partial charge in [0.2, 0.25) is 10.9 Å². The molecule has 2 aromatic rings. The van der Waals surface area contributed by atoms with E-state index < -0.39 is 11.9 Å². The predicted molar refractivity (Wildman–Crippen MR) is 94.3 cm³/mol. The van der Waals surface area contributed by atoms with Gasteiger partial charge in [0, 0.05) is 5.56 Å². The number of hydrogen-bond donors (Lipinski definition) is 1.